The van der Waals surface area contributed by atoms with E-state index in [0.717, 1.165) is 37.4 Å². The minimum absolute atomic E-state index is 0.890. The molecule has 0 aliphatic carbocycles. The summed E-state index contributed by atoms with van der Waals surface area (Å²) in [6, 6.07) is 6.31. The number of hydrogen-bond acceptors (Lipinski definition) is 3. The van der Waals surface area contributed by atoms with Gasteiger partial charge >= 0.3 is 0 Å². The van der Waals surface area contributed by atoms with E-state index in [9.17, 15) is 0 Å². The summed E-state index contributed by atoms with van der Waals surface area (Å²) in [5, 5.41) is 3.34. The zero-order chi connectivity index (χ0) is 9.97. The molecule has 3 nitrogen and oxygen atoms in total. The van der Waals surface area contributed by atoms with E-state index in [4.69, 9.17) is 5.73 Å². The molecule has 76 valence electrons. The summed E-state index contributed by atoms with van der Waals surface area (Å²) in [7, 11) is 0. The van der Waals surface area contributed by atoms with Crippen molar-refractivity contribution in [3.8, 4) is 0 Å². The Bertz CT molecular complexity index is 316. The van der Waals surface area contributed by atoms with Gasteiger partial charge in [0.1, 0.15) is 0 Å². The third-order valence-electron chi connectivity index (χ3n) is 2.74. The van der Waals surface area contributed by atoms with Gasteiger partial charge in [-0.3, -0.25) is 0 Å². The number of anilines is 2. The molecule has 0 aromatic heterocycles. The summed E-state index contributed by atoms with van der Waals surface area (Å²) >= 11 is 0. The molecule has 0 unspecified atom stereocenters. The highest BCUT2D eigenvalue weighted by molar-refractivity contribution is 5.59. The van der Waals surface area contributed by atoms with Gasteiger partial charge in [-0.15, -0.1) is 0 Å². The zero-order valence-corrected chi connectivity index (χ0v) is 8.59. The third kappa shape index (κ3) is 1.82. The molecular weight excluding hydrogens is 174 g/mol. The first-order valence-corrected chi connectivity index (χ1v) is 5.09. The highest BCUT2D eigenvalue weighted by Gasteiger charge is 2.10. The monoisotopic (exact) mass is 191 g/mol. The second-order valence-corrected chi connectivity index (χ2v) is 3.78. The lowest BCUT2D eigenvalue weighted by Crippen LogP contribution is -2.43. The van der Waals surface area contributed by atoms with E-state index in [-0.39, 0.29) is 0 Å². The smallest absolute Gasteiger partial charge is 0.0387 e. The molecule has 3 N–H and O–H groups in total. The molecule has 14 heavy (non-hydrogen) atoms. The molecule has 0 spiro atoms. The first-order valence-electron chi connectivity index (χ1n) is 5.09. The highest BCUT2D eigenvalue weighted by Crippen LogP contribution is 2.20. The predicted molar refractivity (Wildman–Crippen MR) is 60.7 cm³/mol. The average molecular weight is 191 g/mol. The van der Waals surface area contributed by atoms with E-state index in [0.29, 0.717) is 0 Å². The van der Waals surface area contributed by atoms with Gasteiger partial charge in [0.2, 0.25) is 0 Å². The van der Waals surface area contributed by atoms with Gasteiger partial charge in [-0.2, -0.15) is 0 Å². The Morgan fingerprint density at radius 2 is 2.00 bits per heavy atom. The zero-order valence-electron chi connectivity index (χ0n) is 8.59. The molecule has 0 radical (unpaired) electrons. The fourth-order valence-corrected chi connectivity index (χ4v) is 1.75. The molecule has 1 aliphatic rings. The van der Waals surface area contributed by atoms with E-state index in [1.807, 2.05) is 6.92 Å². The molecule has 1 heterocycles. The lowest BCUT2D eigenvalue weighted by atomic mass is 10.1. The van der Waals surface area contributed by atoms with Crippen molar-refractivity contribution in [3.05, 3.63) is 23.8 Å². The van der Waals surface area contributed by atoms with Crippen molar-refractivity contribution in [1.29, 1.82) is 0 Å². The Balaban J connectivity index is 2.18. The van der Waals surface area contributed by atoms with Crippen molar-refractivity contribution < 1.29 is 0 Å². The van der Waals surface area contributed by atoms with Crippen LogP contribution in [0.25, 0.3) is 0 Å². The molecular formula is C11H17N3. The largest absolute Gasteiger partial charge is 0.398 e. The number of rotatable bonds is 1. The fourth-order valence-electron chi connectivity index (χ4n) is 1.75. The summed E-state index contributed by atoms with van der Waals surface area (Å²) in [6.07, 6.45) is 0. The average Bonchev–Trinajstić information content (AvgIpc) is 2.23. The minimum atomic E-state index is 0.890. The third-order valence-corrected chi connectivity index (χ3v) is 2.74. The molecule has 1 saturated heterocycles. The molecule has 2 rings (SSSR count). The SMILES string of the molecule is Cc1ccc(N2CCNCC2)cc1N. The molecule has 3 heteroatoms. The molecule has 1 fully saturated rings. The lowest BCUT2D eigenvalue weighted by molar-refractivity contribution is 0.589. The van der Waals surface area contributed by atoms with Gasteiger partial charge < -0.3 is 16.0 Å². The van der Waals surface area contributed by atoms with Gasteiger partial charge in [0.25, 0.3) is 0 Å². The number of nitrogens with two attached hydrogens (primary N) is 1. The van der Waals surface area contributed by atoms with Crippen LogP contribution in [0.2, 0.25) is 0 Å². The Morgan fingerprint density at radius 3 is 2.64 bits per heavy atom. The first-order chi connectivity index (χ1) is 6.77. The van der Waals surface area contributed by atoms with Crippen LogP contribution in [0.3, 0.4) is 0 Å². The van der Waals surface area contributed by atoms with Crippen molar-refractivity contribution in [1.82, 2.24) is 5.32 Å². The Hall–Kier alpha value is -1.22. The van der Waals surface area contributed by atoms with Crippen LogP contribution < -0.4 is 16.0 Å². The maximum atomic E-state index is 5.89. The minimum Gasteiger partial charge on any atom is -0.398 e. The Kier molecular flexibility index (Phi) is 2.59. The fraction of sp³-hybridized carbons (Fsp3) is 0.455. The van der Waals surface area contributed by atoms with Crippen LogP contribution in [-0.2, 0) is 0 Å². The summed E-state index contributed by atoms with van der Waals surface area (Å²) < 4.78 is 0. The second-order valence-electron chi connectivity index (χ2n) is 3.78. The molecule has 1 aliphatic heterocycles. The number of nitrogen functional groups attached to an aromatic ring is 1. The van der Waals surface area contributed by atoms with Crippen molar-refractivity contribution in [3.63, 3.8) is 0 Å². The van der Waals surface area contributed by atoms with Crippen molar-refractivity contribution >= 4 is 11.4 Å². The van der Waals surface area contributed by atoms with E-state index >= 15 is 0 Å². The maximum absolute atomic E-state index is 5.89. The number of nitrogens with one attached hydrogen (secondary N) is 1. The van der Waals surface area contributed by atoms with Crippen LogP contribution >= 0.6 is 0 Å². The van der Waals surface area contributed by atoms with Gasteiger partial charge in [-0.05, 0) is 24.6 Å². The van der Waals surface area contributed by atoms with Gasteiger partial charge in [0, 0.05) is 37.6 Å². The van der Waals surface area contributed by atoms with Gasteiger partial charge in [-0.1, -0.05) is 6.07 Å². The first kappa shape index (κ1) is 9.34. The van der Waals surface area contributed by atoms with E-state index in [2.05, 4.69) is 28.4 Å². The standard InChI is InChI=1S/C11H17N3/c1-9-2-3-10(8-11(9)12)14-6-4-13-5-7-14/h2-3,8,13H,4-7,12H2,1H3. The maximum Gasteiger partial charge on any atom is 0.0387 e. The number of hydrogen-bond donors (Lipinski definition) is 2. The molecule has 1 aromatic rings. The number of benzene rings is 1. The quantitative estimate of drug-likeness (QED) is 0.650. The van der Waals surface area contributed by atoms with Crippen LogP contribution in [0.4, 0.5) is 11.4 Å². The predicted octanol–water partition coefficient (Wildman–Crippen LogP) is 0.987. The van der Waals surface area contributed by atoms with Crippen LogP contribution in [-0.4, -0.2) is 26.2 Å². The van der Waals surface area contributed by atoms with Crippen molar-refractivity contribution in [2.75, 3.05) is 36.8 Å². The molecule has 1 aromatic carbocycles. The van der Waals surface area contributed by atoms with Crippen molar-refractivity contribution in [2.24, 2.45) is 0 Å². The molecule has 0 amide bonds. The number of nitrogens with zero attached hydrogens (tertiary/aromatic N) is 1. The second kappa shape index (κ2) is 3.88. The highest BCUT2D eigenvalue weighted by atomic mass is 15.2. The van der Waals surface area contributed by atoms with Gasteiger partial charge in [0.15, 0.2) is 0 Å². The van der Waals surface area contributed by atoms with Crippen LogP contribution in [0.1, 0.15) is 5.56 Å². The van der Waals surface area contributed by atoms with Gasteiger partial charge in [-0.25, -0.2) is 0 Å². The topological polar surface area (TPSA) is 41.3 Å². The summed E-state index contributed by atoms with van der Waals surface area (Å²) in [4.78, 5) is 2.37. The van der Waals surface area contributed by atoms with Gasteiger partial charge in [0.05, 0.1) is 0 Å². The Morgan fingerprint density at radius 1 is 1.29 bits per heavy atom. The molecule has 0 bridgehead atoms. The van der Waals surface area contributed by atoms with E-state index in [1.165, 1.54) is 5.69 Å². The number of piperazine rings is 1. The summed E-state index contributed by atoms with van der Waals surface area (Å²) in [5.74, 6) is 0. The van der Waals surface area contributed by atoms with Crippen LogP contribution in [0.15, 0.2) is 18.2 Å². The number of aryl methyl sites for hydroxylation is 1. The Labute approximate surface area is 84.9 Å². The summed E-state index contributed by atoms with van der Waals surface area (Å²) in [6.45, 7) is 6.31. The molecule has 0 saturated carbocycles. The van der Waals surface area contributed by atoms with Crippen LogP contribution in [0.5, 0.6) is 0 Å². The normalized spacial score (nSPS) is 17.1. The van der Waals surface area contributed by atoms with E-state index < -0.39 is 0 Å². The lowest BCUT2D eigenvalue weighted by Gasteiger charge is -2.29. The van der Waals surface area contributed by atoms with E-state index in [1.54, 1.807) is 0 Å². The molecule has 0 atom stereocenters. The van der Waals surface area contributed by atoms with Crippen molar-refractivity contribution in [2.45, 2.75) is 6.92 Å². The summed E-state index contributed by atoms with van der Waals surface area (Å²) in [5.41, 5.74) is 9.18. The van der Waals surface area contributed by atoms with Crippen LogP contribution in [0, 0.1) is 6.92 Å².